The third-order valence-corrected chi connectivity index (χ3v) is 4.29. The van der Waals surface area contributed by atoms with Crippen LogP contribution in [0.5, 0.6) is 5.75 Å². The molecule has 0 fully saturated rings. The number of para-hydroxylation sites is 1. The highest BCUT2D eigenvalue weighted by Gasteiger charge is 2.19. The van der Waals surface area contributed by atoms with Crippen molar-refractivity contribution >= 4 is 17.5 Å². The molecule has 1 heterocycles. The van der Waals surface area contributed by atoms with Gasteiger partial charge in [0.1, 0.15) is 5.75 Å². The van der Waals surface area contributed by atoms with Crippen molar-refractivity contribution in [3.63, 3.8) is 0 Å². The quantitative estimate of drug-likeness (QED) is 0.684. The number of imidazole rings is 1. The molecular weight excluding hydrogens is 350 g/mol. The predicted molar refractivity (Wildman–Crippen MR) is 102 cm³/mol. The van der Waals surface area contributed by atoms with Gasteiger partial charge in [-0.05, 0) is 36.2 Å². The second-order valence-corrected chi connectivity index (χ2v) is 6.21. The number of nitrogens with one attached hydrogen (secondary N) is 1. The molecule has 0 radical (unpaired) electrons. The van der Waals surface area contributed by atoms with Gasteiger partial charge in [-0.2, -0.15) is 0 Å². The number of aromatic nitrogens is 2. The maximum Gasteiger partial charge on any atom is 0.261 e. The maximum absolute atomic E-state index is 12.4. The lowest BCUT2D eigenvalue weighted by atomic mass is 10.2. The number of halogens is 1. The summed E-state index contributed by atoms with van der Waals surface area (Å²) in [6.07, 6.45) is 5.33. The van der Waals surface area contributed by atoms with Gasteiger partial charge in [0.25, 0.3) is 5.91 Å². The summed E-state index contributed by atoms with van der Waals surface area (Å²) in [5.41, 5.74) is 2.03. The van der Waals surface area contributed by atoms with Crippen LogP contribution in [0.2, 0.25) is 5.02 Å². The van der Waals surface area contributed by atoms with E-state index in [1.807, 2.05) is 54.1 Å². The lowest BCUT2D eigenvalue weighted by Gasteiger charge is -2.18. The van der Waals surface area contributed by atoms with E-state index in [9.17, 15) is 4.79 Å². The van der Waals surface area contributed by atoms with Crippen LogP contribution in [0.4, 0.5) is 0 Å². The van der Waals surface area contributed by atoms with Crippen molar-refractivity contribution in [2.45, 2.75) is 26.0 Å². The number of carbonyl (C=O) groups excluding carboxylic acids is 1. The van der Waals surface area contributed by atoms with Gasteiger partial charge in [0.2, 0.25) is 0 Å². The minimum absolute atomic E-state index is 0.161. The molecular formula is C20H20ClN3O2. The molecule has 134 valence electrons. The molecule has 1 unspecified atom stereocenters. The first kappa shape index (κ1) is 18.0. The molecule has 0 saturated carbocycles. The number of amides is 1. The lowest BCUT2D eigenvalue weighted by molar-refractivity contribution is -0.128. The first-order chi connectivity index (χ1) is 12.7. The molecule has 6 heteroatoms. The summed E-state index contributed by atoms with van der Waals surface area (Å²) in [6, 6.07) is 15.1. The molecule has 1 amide bonds. The standard InChI is InChI=1S/C20H20ClN3O2/c1-2-18(26-19-6-4-3-5-17(19)21)20(25)23-13-15-7-9-16(10-8-15)24-12-11-22-14-24/h3-12,14,18H,2,13H2,1H3,(H,23,25). The summed E-state index contributed by atoms with van der Waals surface area (Å²) >= 11 is 6.10. The maximum atomic E-state index is 12.4. The van der Waals surface area contributed by atoms with E-state index in [1.54, 1.807) is 24.7 Å². The van der Waals surface area contributed by atoms with E-state index in [4.69, 9.17) is 16.3 Å². The fourth-order valence-electron chi connectivity index (χ4n) is 2.52. The van der Waals surface area contributed by atoms with Crippen LogP contribution in [0.1, 0.15) is 18.9 Å². The Morgan fingerprint density at radius 3 is 2.65 bits per heavy atom. The monoisotopic (exact) mass is 369 g/mol. The van der Waals surface area contributed by atoms with Crippen LogP contribution < -0.4 is 10.1 Å². The van der Waals surface area contributed by atoms with Crippen LogP contribution in [0.25, 0.3) is 5.69 Å². The van der Waals surface area contributed by atoms with Crippen LogP contribution in [-0.4, -0.2) is 21.6 Å². The van der Waals surface area contributed by atoms with Gasteiger partial charge in [-0.15, -0.1) is 0 Å². The lowest BCUT2D eigenvalue weighted by Crippen LogP contribution is -2.37. The number of carbonyl (C=O) groups is 1. The van der Waals surface area contributed by atoms with E-state index in [-0.39, 0.29) is 5.91 Å². The molecule has 1 atom stereocenters. The molecule has 0 saturated heterocycles. The topological polar surface area (TPSA) is 56.1 Å². The number of benzene rings is 2. The van der Waals surface area contributed by atoms with Crippen molar-refractivity contribution in [3.05, 3.63) is 77.8 Å². The highest BCUT2D eigenvalue weighted by atomic mass is 35.5. The molecule has 3 aromatic rings. The first-order valence-corrected chi connectivity index (χ1v) is 8.81. The summed E-state index contributed by atoms with van der Waals surface area (Å²) in [4.78, 5) is 16.5. The molecule has 3 rings (SSSR count). The number of hydrogen-bond donors (Lipinski definition) is 1. The Labute approximate surface area is 157 Å². The summed E-state index contributed by atoms with van der Waals surface area (Å²) in [5.74, 6) is 0.354. The number of rotatable bonds is 7. The van der Waals surface area contributed by atoms with Crippen molar-refractivity contribution < 1.29 is 9.53 Å². The second kappa shape index (κ2) is 8.54. The minimum atomic E-state index is -0.583. The van der Waals surface area contributed by atoms with Crippen LogP contribution >= 0.6 is 11.6 Å². The molecule has 1 N–H and O–H groups in total. The van der Waals surface area contributed by atoms with Crippen LogP contribution in [0, 0.1) is 0 Å². The van der Waals surface area contributed by atoms with Gasteiger partial charge in [0.15, 0.2) is 6.10 Å². The van der Waals surface area contributed by atoms with Crippen molar-refractivity contribution in [3.8, 4) is 11.4 Å². The highest BCUT2D eigenvalue weighted by molar-refractivity contribution is 6.32. The Kier molecular flexibility index (Phi) is 5.92. The fraction of sp³-hybridized carbons (Fsp3) is 0.200. The van der Waals surface area contributed by atoms with Crippen LogP contribution in [-0.2, 0) is 11.3 Å². The zero-order valence-corrected chi connectivity index (χ0v) is 15.2. The van der Waals surface area contributed by atoms with Crippen molar-refractivity contribution in [2.24, 2.45) is 0 Å². The summed E-state index contributed by atoms with van der Waals surface area (Å²) in [6.45, 7) is 2.34. The molecule has 0 bridgehead atoms. The Hall–Kier alpha value is -2.79. The smallest absolute Gasteiger partial charge is 0.261 e. The van der Waals surface area contributed by atoms with Crippen molar-refractivity contribution in [2.75, 3.05) is 0 Å². The highest BCUT2D eigenvalue weighted by Crippen LogP contribution is 2.24. The Balaban J connectivity index is 1.57. The summed E-state index contributed by atoms with van der Waals surface area (Å²) in [5, 5.41) is 3.41. The van der Waals surface area contributed by atoms with E-state index >= 15 is 0 Å². The fourth-order valence-corrected chi connectivity index (χ4v) is 2.70. The molecule has 0 spiro atoms. The largest absolute Gasteiger partial charge is 0.479 e. The third kappa shape index (κ3) is 4.43. The predicted octanol–water partition coefficient (Wildman–Crippen LogP) is 4.00. The Morgan fingerprint density at radius 1 is 1.23 bits per heavy atom. The number of ether oxygens (including phenoxy) is 1. The van der Waals surface area contributed by atoms with Gasteiger partial charge >= 0.3 is 0 Å². The average Bonchev–Trinajstić information content (AvgIpc) is 3.20. The first-order valence-electron chi connectivity index (χ1n) is 8.43. The number of nitrogens with zero attached hydrogens (tertiary/aromatic N) is 2. The summed E-state index contributed by atoms with van der Waals surface area (Å²) in [7, 11) is 0. The van der Waals surface area contributed by atoms with E-state index in [1.165, 1.54) is 0 Å². The van der Waals surface area contributed by atoms with Crippen LogP contribution in [0.15, 0.2) is 67.3 Å². The molecule has 26 heavy (non-hydrogen) atoms. The molecule has 1 aromatic heterocycles. The molecule has 0 aliphatic rings. The van der Waals surface area contributed by atoms with Gasteiger partial charge < -0.3 is 14.6 Å². The van der Waals surface area contributed by atoms with Gasteiger partial charge in [-0.1, -0.05) is 42.8 Å². The van der Waals surface area contributed by atoms with Crippen molar-refractivity contribution in [1.82, 2.24) is 14.9 Å². The molecule has 5 nitrogen and oxygen atoms in total. The van der Waals surface area contributed by atoms with E-state index in [0.717, 1.165) is 11.3 Å². The van der Waals surface area contributed by atoms with Gasteiger partial charge in [0.05, 0.1) is 11.3 Å². The van der Waals surface area contributed by atoms with Gasteiger partial charge in [-0.3, -0.25) is 4.79 Å². The Morgan fingerprint density at radius 2 is 2.00 bits per heavy atom. The molecule has 0 aliphatic carbocycles. The minimum Gasteiger partial charge on any atom is -0.479 e. The summed E-state index contributed by atoms with van der Waals surface area (Å²) < 4.78 is 7.68. The molecule has 0 aliphatic heterocycles. The average molecular weight is 370 g/mol. The van der Waals surface area contributed by atoms with E-state index < -0.39 is 6.10 Å². The van der Waals surface area contributed by atoms with E-state index in [2.05, 4.69) is 10.3 Å². The molecule has 2 aromatic carbocycles. The second-order valence-electron chi connectivity index (χ2n) is 5.80. The third-order valence-electron chi connectivity index (χ3n) is 3.97. The van der Waals surface area contributed by atoms with Gasteiger partial charge in [0, 0.05) is 24.6 Å². The van der Waals surface area contributed by atoms with Gasteiger partial charge in [-0.25, -0.2) is 4.98 Å². The van der Waals surface area contributed by atoms with E-state index in [0.29, 0.717) is 23.7 Å². The number of hydrogen-bond acceptors (Lipinski definition) is 3. The Bertz CT molecular complexity index is 848. The van der Waals surface area contributed by atoms with Crippen LogP contribution in [0.3, 0.4) is 0 Å². The van der Waals surface area contributed by atoms with Crippen molar-refractivity contribution in [1.29, 1.82) is 0 Å². The zero-order valence-electron chi connectivity index (χ0n) is 14.4. The zero-order chi connectivity index (χ0) is 18.4. The normalized spacial score (nSPS) is 11.8. The SMILES string of the molecule is CCC(Oc1ccccc1Cl)C(=O)NCc1ccc(-n2ccnc2)cc1.